The normalized spacial score (nSPS) is 29.0. The van der Waals surface area contributed by atoms with Gasteiger partial charge < -0.3 is 15.4 Å². The van der Waals surface area contributed by atoms with Crippen molar-refractivity contribution in [3.8, 4) is 5.75 Å². The summed E-state index contributed by atoms with van der Waals surface area (Å²) < 4.78 is 5.76. The van der Waals surface area contributed by atoms with Gasteiger partial charge in [0.25, 0.3) is 5.91 Å². The number of hydrogen-bond donors (Lipinski definition) is 2. The lowest BCUT2D eigenvalue weighted by Gasteiger charge is -2.57. The fourth-order valence-corrected chi connectivity index (χ4v) is 6.34. The van der Waals surface area contributed by atoms with E-state index in [1.54, 1.807) is 0 Å². The second-order valence-electron chi connectivity index (χ2n) is 9.90. The van der Waals surface area contributed by atoms with E-state index in [-0.39, 0.29) is 12.5 Å². The summed E-state index contributed by atoms with van der Waals surface area (Å²) >= 11 is 0. The average Bonchev–Trinajstić information content (AvgIpc) is 2.72. The van der Waals surface area contributed by atoms with Gasteiger partial charge in [-0.25, -0.2) is 0 Å². The SMILES string of the molecule is Cc1ccc(NC(=O)COc2cccc(CNC34CC5CC(CC(C5)C3)C4)c2)cc1. The molecule has 0 aliphatic heterocycles. The molecule has 0 saturated heterocycles. The van der Waals surface area contributed by atoms with E-state index in [0.29, 0.717) is 5.54 Å². The summed E-state index contributed by atoms with van der Waals surface area (Å²) in [5.41, 5.74) is 3.55. The van der Waals surface area contributed by atoms with Crippen molar-refractivity contribution in [2.24, 2.45) is 17.8 Å². The predicted molar refractivity (Wildman–Crippen MR) is 119 cm³/mol. The number of hydrogen-bond acceptors (Lipinski definition) is 3. The maximum Gasteiger partial charge on any atom is 0.262 e. The van der Waals surface area contributed by atoms with Crippen molar-refractivity contribution in [1.82, 2.24) is 5.32 Å². The summed E-state index contributed by atoms with van der Waals surface area (Å²) in [7, 11) is 0. The summed E-state index contributed by atoms with van der Waals surface area (Å²) in [6, 6.07) is 15.9. The van der Waals surface area contributed by atoms with E-state index in [1.807, 2.05) is 43.3 Å². The van der Waals surface area contributed by atoms with E-state index >= 15 is 0 Å². The Labute approximate surface area is 179 Å². The Hall–Kier alpha value is -2.33. The highest BCUT2D eigenvalue weighted by molar-refractivity contribution is 5.91. The fourth-order valence-electron chi connectivity index (χ4n) is 6.34. The van der Waals surface area contributed by atoms with E-state index in [0.717, 1.165) is 35.7 Å². The zero-order chi connectivity index (χ0) is 20.6. The molecule has 2 aromatic rings. The van der Waals surface area contributed by atoms with Gasteiger partial charge >= 0.3 is 0 Å². The number of amides is 1. The minimum atomic E-state index is -0.143. The van der Waals surface area contributed by atoms with Gasteiger partial charge in [0.2, 0.25) is 0 Å². The Morgan fingerprint density at radius 1 is 1.00 bits per heavy atom. The number of ether oxygens (including phenoxy) is 1. The van der Waals surface area contributed by atoms with Crippen LogP contribution in [0.5, 0.6) is 5.75 Å². The molecular weight excluding hydrogens is 372 g/mol. The van der Waals surface area contributed by atoms with Gasteiger partial charge in [-0.2, -0.15) is 0 Å². The number of benzene rings is 2. The smallest absolute Gasteiger partial charge is 0.262 e. The molecular formula is C26H32N2O2. The molecule has 2 aromatic carbocycles. The first kappa shape index (κ1) is 19.6. The highest BCUT2D eigenvalue weighted by Gasteiger charge is 2.50. The van der Waals surface area contributed by atoms with Crippen LogP contribution in [0.15, 0.2) is 48.5 Å². The number of carbonyl (C=O) groups excluding carboxylic acids is 1. The average molecular weight is 405 g/mol. The van der Waals surface area contributed by atoms with Crippen LogP contribution in [-0.4, -0.2) is 18.1 Å². The van der Waals surface area contributed by atoms with Gasteiger partial charge in [-0.3, -0.25) is 4.79 Å². The van der Waals surface area contributed by atoms with Crippen LogP contribution < -0.4 is 15.4 Å². The quantitative estimate of drug-likeness (QED) is 0.677. The van der Waals surface area contributed by atoms with E-state index in [4.69, 9.17) is 4.74 Å². The zero-order valence-electron chi connectivity index (χ0n) is 17.8. The van der Waals surface area contributed by atoms with Crippen LogP contribution in [0.1, 0.15) is 49.7 Å². The first-order valence-corrected chi connectivity index (χ1v) is 11.4. The lowest BCUT2D eigenvalue weighted by Crippen LogP contribution is -2.58. The third-order valence-corrected chi connectivity index (χ3v) is 7.31. The number of aryl methyl sites for hydroxylation is 1. The second kappa shape index (κ2) is 8.07. The van der Waals surface area contributed by atoms with Gasteiger partial charge in [0.1, 0.15) is 5.75 Å². The molecule has 2 N–H and O–H groups in total. The van der Waals surface area contributed by atoms with Gasteiger partial charge in [0, 0.05) is 17.8 Å². The first-order valence-electron chi connectivity index (χ1n) is 11.4. The third kappa shape index (κ3) is 4.39. The summed E-state index contributed by atoms with van der Waals surface area (Å²) in [5.74, 6) is 3.45. The zero-order valence-corrected chi connectivity index (χ0v) is 17.8. The van der Waals surface area contributed by atoms with Crippen molar-refractivity contribution in [1.29, 1.82) is 0 Å². The van der Waals surface area contributed by atoms with Gasteiger partial charge in [-0.15, -0.1) is 0 Å². The highest BCUT2D eigenvalue weighted by Crippen LogP contribution is 2.55. The Kier molecular flexibility index (Phi) is 5.28. The van der Waals surface area contributed by atoms with Crippen LogP contribution in [0.4, 0.5) is 5.69 Å². The van der Waals surface area contributed by atoms with E-state index in [1.165, 1.54) is 49.7 Å². The van der Waals surface area contributed by atoms with Crippen LogP contribution >= 0.6 is 0 Å². The molecule has 4 aliphatic carbocycles. The van der Waals surface area contributed by atoms with Crippen molar-refractivity contribution < 1.29 is 9.53 Å². The second-order valence-corrected chi connectivity index (χ2v) is 9.90. The molecule has 0 aromatic heterocycles. The summed E-state index contributed by atoms with van der Waals surface area (Å²) in [6.45, 7) is 2.92. The Balaban J connectivity index is 1.14. The Bertz CT molecular complexity index is 870. The van der Waals surface area contributed by atoms with Gasteiger partial charge in [0.15, 0.2) is 6.61 Å². The van der Waals surface area contributed by atoms with Crippen molar-refractivity contribution in [2.75, 3.05) is 11.9 Å². The van der Waals surface area contributed by atoms with E-state index in [9.17, 15) is 4.79 Å². The third-order valence-electron chi connectivity index (χ3n) is 7.31. The molecule has 0 atom stereocenters. The van der Waals surface area contributed by atoms with Crippen LogP contribution in [0.3, 0.4) is 0 Å². The molecule has 4 aliphatic rings. The van der Waals surface area contributed by atoms with E-state index < -0.39 is 0 Å². The highest BCUT2D eigenvalue weighted by atomic mass is 16.5. The van der Waals surface area contributed by atoms with Crippen LogP contribution in [0, 0.1) is 24.7 Å². The molecule has 0 spiro atoms. The lowest BCUT2D eigenvalue weighted by molar-refractivity contribution is -0.118. The molecule has 1 amide bonds. The first-order chi connectivity index (χ1) is 14.6. The number of anilines is 1. The Morgan fingerprint density at radius 3 is 2.33 bits per heavy atom. The molecule has 158 valence electrons. The predicted octanol–water partition coefficient (Wildman–Crippen LogP) is 5.07. The number of carbonyl (C=O) groups is 1. The molecule has 4 heteroatoms. The van der Waals surface area contributed by atoms with Gasteiger partial charge in [0.05, 0.1) is 0 Å². The molecule has 0 radical (unpaired) electrons. The number of rotatable bonds is 7. The Morgan fingerprint density at radius 2 is 1.67 bits per heavy atom. The summed E-state index contributed by atoms with van der Waals surface area (Å²) in [6.07, 6.45) is 8.47. The minimum absolute atomic E-state index is 0.0136. The maximum absolute atomic E-state index is 12.2. The topological polar surface area (TPSA) is 50.4 Å². The molecule has 4 bridgehead atoms. The van der Waals surface area contributed by atoms with Crippen molar-refractivity contribution in [3.05, 3.63) is 59.7 Å². The molecule has 4 fully saturated rings. The minimum Gasteiger partial charge on any atom is -0.484 e. The van der Waals surface area contributed by atoms with Crippen molar-refractivity contribution in [2.45, 2.75) is 57.5 Å². The molecule has 4 nitrogen and oxygen atoms in total. The molecule has 0 unspecified atom stereocenters. The molecule has 4 saturated carbocycles. The van der Waals surface area contributed by atoms with Crippen LogP contribution in [0.2, 0.25) is 0 Å². The van der Waals surface area contributed by atoms with Crippen molar-refractivity contribution in [3.63, 3.8) is 0 Å². The van der Waals surface area contributed by atoms with Crippen LogP contribution in [0.25, 0.3) is 0 Å². The largest absolute Gasteiger partial charge is 0.484 e. The summed E-state index contributed by atoms with van der Waals surface area (Å²) in [5, 5.41) is 6.82. The van der Waals surface area contributed by atoms with Gasteiger partial charge in [-0.1, -0.05) is 29.8 Å². The lowest BCUT2D eigenvalue weighted by atomic mass is 9.53. The maximum atomic E-state index is 12.2. The van der Waals surface area contributed by atoms with Crippen LogP contribution in [-0.2, 0) is 11.3 Å². The van der Waals surface area contributed by atoms with Gasteiger partial charge in [-0.05, 0) is 93.0 Å². The standard InChI is InChI=1S/C26H32N2O2/c1-18-5-7-23(8-6-18)28-25(29)17-30-24-4-2-3-19(12-24)16-27-26-13-20-9-21(14-26)11-22(10-20)15-26/h2-8,12,20-22,27H,9-11,13-17H2,1H3,(H,28,29). The van der Waals surface area contributed by atoms with E-state index in [2.05, 4.69) is 22.8 Å². The van der Waals surface area contributed by atoms with Crippen molar-refractivity contribution >= 4 is 11.6 Å². The summed E-state index contributed by atoms with van der Waals surface area (Å²) in [4.78, 5) is 12.2. The number of nitrogens with one attached hydrogen (secondary N) is 2. The fraction of sp³-hybridized carbons (Fsp3) is 0.500. The molecule has 6 rings (SSSR count). The molecule has 30 heavy (non-hydrogen) atoms. The molecule has 0 heterocycles. The monoisotopic (exact) mass is 404 g/mol.